The van der Waals surface area contributed by atoms with Gasteiger partial charge in [-0.05, 0) is 48.7 Å². The summed E-state index contributed by atoms with van der Waals surface area (Å²) < 4.78 is 10.7. The summed E-state index contributed by atoms with van der Waals surface area (Å²) in [5.41, 5.74) is 3.90. The van der Waals surface area contributed by atoms with Crippen LogP contribution in [0.15, 0.2) is 47.2 Å². The molecule has 0 bridgehead atoms. The molecule has 2 heterocycles. The first-order valence-corrected chi connectivity index (χ1v) is 7.63. The molecular formula is C18H16ClN3O3. The third-order valence-electron chi connectivity index (χ3n) is 4.12. The van der Waals surface area contributed by atoms with Gasteiger partial charge in [-0.2, -0.15) is 0 Å². The van der Waals surface area contributed by atoms with E-state index in [4.69, 9.17) is 9.26 Å². The predicted octanol–water partition coefficient (Wildman–Crippen LogP) is 3.52. The molecule has 6 nitrogen and oxygen atoms in total. The van der Waals surface area contributed by atoms with E-state index in [0.717, 1.165) is 28.9 Å². The van der Waals surface area contributed by atoms with E-state index in [1.807, 2.05) is 18.2 Å². The number of carbonyl (C=O) groups excluding carboxylic acids is 1. The van der Waals surface area contributed by atoms with Crippen LogP contribution in [0.2, 0.25) is 0 Å². The molecule has 2 aromatic heterocycles. The lowest BCUT2D eigenvalue weighted by Gasteiger charge is -2.15. The highest BCUT2D eigenvalue weighted by molar-refractivity contribution is 6.04. The molecule has 7 heteroatoms. The Morgan fingerprint density at radius 3 is 2.92 bits per heavy atom. The van der Waals surface area contributed by atoms with Gasteiger partial charge in [-0.25, -0.2) is 0 Å². The van der Waals surface area contributed by atoms with Crippen LogP contribution in [-0.2, 0) is 12.8 Å². The molecule has 1 aromatic carbocycles. The minimum absolute atomic E-state index is 0. The molecule has 3 aromatic rings. The number of nitrogens with one attached hydrogen (secondary N) is 1. The number of rotatable bonds is 3. The number of halogens is 1. The molecule has 25 heavy (non-hydrogen) atoms. The normalized spacial score (nSPS) is 11.7. The van der Waals surface area contributed by atoms with Gasteiger partial charge in [0.25, 0.3) is 5.91 Å². The number of benzene rings is 1. The van der Waals surface area contributed by atoms with Gasteiger partial charge in [0.15, 0.2) is 11.5 Å². The zero-order valence-corrected chi connectivity index (χ0v) is 14.3. The highest BCUT2D eigenvalue weighted by Crippen LogP contribution is 2.37. The summed E-state index contributed by atoms with van der Waals surface area (Å²) >= 11 is 0. The van der Waals surface area contributed by atoms with Gasteiger partial charge in [-0.1, -0.05) is 5.16 Å². The SMILES string of the molecule is COc1ccc2c(c1)CCc1c(C(=O)Nc3cccnc3)noc1-2.Cl. The van der Waals surface area contributed by atoms with Crippen molar-refractivity contribution in [3.8, 4) is 17.1 Å². The van der Waals surface area contributed by atoms with Crippen LogP contribution in [0.5, 0.6) is 5.75 Å². The second-order valence-electron chi connectivity index (χ2n) is 5.56. The van der Waals surface area contributed by atoms with Gasteiger partial charge in [0.1, 0.15) is 5.75 Å². The largest absolute Gasteiger partial charge is 0.497 e. The van der Waals surface area contributed by atoms with Crippen LogP contribution in [0, 0.1) is 0 Å². The number of amides is 1. The van der Waals surface area contributed by atoms with Gasteiger partial charge in [0.05, 0.1) is 19.0 Å². The standard InChI is InChI=1S/C18H15N3O3.ClH/c1-23-13-5-7-14-11(9-13)4-6-15-16(21-24-17(14)15)18(22)20-12-3-2-8-19-10-12;/h2-3,5,7-10H,4,6H2,1H3,(H,20,22);1H. The van der Waals surface area contributed by atoms with Crippen LogP contribution in [0.4, 0.5) is 5.69 Å². The number of ether oxygens (including phenoxy) is 1. The molecule has 0 radical (unpaired) electrons. The average Bonchev–Trinajstić information content (AvgIpc) is 3.06. The summed E-state index contributed by atoms with van der Waals surface area (Å²) in [4.78, 5) is 16.5. The molecule has 1 aliphatic carbocycles. The molecule has 1 amide bonds. The Morgan fingerprint density at radius 1 is 1.28 bits per heavy atom. The van der Waals surface area contributed by atoms with Gasteiger partial charge < -0.3 is 14.6 Å². The molecule has 4 rings (SSSR count). The van der Waals surface area contributed by atoms with E-state index >= 15 is 0 Å². The summed E-state index contributed by atoms with van der Waals surface area (Å²) in [6.45, 7) is 0. The molecule has 0 saturated carbocycles. The van der Waals surface area contributed by atoms with Crippen molar-refractivity contribution in [1.82, 2.24) is 10.1 Å². The zero-order valence-electron chi connectivity index (χ0n) is 13.5. The summed E-state index contributed by atoms with van der Waals surface area (Å²) in [6.07, 6.45) is 4.76. The fourth-order valence-electron chi connectivity index (χ4n) is 2.94. The maximum absolute atomic E-state index is 12.5. The lowest BCUT2D eigenvalue weighted by Crippen LogP contribution is -2.15. The van der Waals surface area contributed by atoms with E-state index in [1.54, 1.807) is 31.6 Å². The summed E-state index contributed by atoms with van der Waals surface area (Å²) in [7, 11) is 1.64. The number of hydrogen-bond acceptors (Lipinski definition) is 5. The van der Waals surface area contributed by atoms with Crippen molar-refractivity contribution in [2.45, 2.75) is 12.8 Å². The monoisotopic (exact) mass is 357 g/mol. The summed E-state index contributed by atoms with van der Waals surface area (Å²) in [6, 6.07) is 9.36. The number of methoxy groups -OCH3 is 1. The second-order valence-corrected chi connectivity index (χ2v) is 5.56. The van der Waals surface area contributed by atoms with Crippen molar-refractivity contribution in [3.05, 3.63) is 59.5 Å². The quantitative estimate of drug-likeness (QED) is 0.776. The summed E-state index contributed by atoms with van der Waals surface area (Å²) in [5.74, 6) is 1.19. The van der Waals surface area contributed by atoms with E-state index in [-0.39, 0.29) is 18.3 Å². The Bertz CT molecular complexity index is 909. The lowest BCUT2D eigenvalue weighted by molar-refractivity contribution is 0.101. The molecule has 0 unspecified atom stereocenters. The van der Waals surface area contributed by atoms with Gasteiger partial charge in [0.2, 0.25) is 0 Å². The van der Waals surface area contributed by atoms with Crippen molar-refractivity contribution in [1.29, 1.82) is 0 Å². The van der Waals surface area contributed by atoms with Gasteiger partial charge in [-0.3, -0.25) is 9.78 Å². The van der Waals surface area contributed by atoms with Crippen LogP contribution in [0.1, 0.15) is 21.6 Å². The number of aromatic nitrogens is 2. The fourth-order valence-corrected chi connectivity index (χ4v) is 2.94. The molecule has 128 valence electrons. The molecule has 0 aliphatic heterocycles. The third kappa shape index (κ3) is 3.08. The van der Waals surface area contributed by atoms with Gasteiger partial charge in [-0.15, -0.1) is 12.4 Å². The molecule has 0 spiro atoms. The minimum atomic E-state index is -0.287. The second kappa shape index (κ2) is 6.94. The van der Waals surface area contributed by atoms with Crippen LogP contribution in [0.3, 0.4) is 0 Å². The van der Waals surface area contributed by atoms with Crippen LogP contribution in [-0.4, -0.2) is 23.2 Å². The van der Waals surface area contributed by atoms with Crippen molar-refractivity contribution in [3.63, 3.8) is 0 Å². The van der Waals surface area contributed by atoms with Gasteiger partial charge >= 0.3 is 0 Å². The van der Waals surface area contributed by atoms with E-state index < -0.39 is 0 Å². The maximum Gasteiger partial charge on any atom is 0.278 e. The Hall–Kier alpha value is -2.86. The molecule has 1 aliphatic rings. The highest BCUT2D eigenvalue weighted by atomic mass is 35.5. The number of carbonyl (C=O) groups is 1. The Morgan fingerprint density at radius 2 is 2.16 bits per heavy atom. The van der Waals surface area contributed by atoms with E-state index in [0.29, 0.717) is 23.6 Å². The van der Waals surface area contributed by atoms with Crippen molar-refractivity contribution < 1.29 is 14.1 Å². The van der Waals surface area contributed by atoms with Crippen LogP contribution < -0.4 is 10.1 Å². The third-order valence-corrected chi connectivity index (χ3v) is 4.12. The highest BCUT2D eigenvalue weighted by Gasteiger charge is 2.27. The van der Waals surface area contributed by atoms with E-state index in [9.17, 15) is 4.79 Å². The smallest absolute Gasteiger partial charge is 0.278 e. The minimum Gasteiger partial charge on any atom is -0.497 e. The number of hydrogen-bond donors (Lipinski definition) is 1. The number of nitrogens with zero attached hydrogens (tertiary/aromatic N) is 2. The Kier molecular flexibility index (Phi) is 4.72. The molecule has 1 N–H and O–H groups in total. The fraction of sp³-hybridized carbons (Fsp3) is 0.167. The average molecular weight is 358 g/mol. The topological polar surface area (TPSA) is 77.2 Å². The molecule has 0 saturated heterocycles. The number of pyridine rings is 1. The van der Waals surface area contributed by atoms with Crippen molar-refractivity contribution in [2.75, 3.05) is 12.4 Å². The molecule has 0 fully saturated rings. The van der Waals surface area contributed by atoms with Crippen molar-refractivity contribution >= 4 is 24.0 Å². The maximum atomic E-state index is 12.5. The van der Waals surface area contributed by atoms with Crippen LogP contribution in [0.25, 0.3) is 11.3 Å². The van der Waals surface area contributed by atoms with Crippen LogP contribution >= 0.6 is 12.4 Å². The van der Waals surface area contributed by atoms with Gasteiger partial charge in [0, 0.05) is 17.3 Å². The predicted molar refractivity (Wildman–Crippen MR) is 95.3 cm³/mol. The first kappa shape index (κ1) is 17.0. The Labute approximate surface area is 150 Å². The number of fused-ring (bicyclic) bond motifs is 3. The number of aryl methyl sites for hydroxylation is 1. The molecule has 0 atom stereocenters. The van der Waals surface area contributed by atoms with Crippen molar-refractivity contribution in [2.24, 2.45) is 0 Å². The summed E-state index contributed by atoms with van der Waals surface area (Å²) in [5, 5.41) is 6.79. The zero-order chi connectivity index (χ0) is 16.5. The van der Waals surface area contributed by atoms with E-state index in [2.05, 4.69) is 15.5 Å². The first-order chi connectivity index (χ1) is 11.8. The first-order valence-electron chi connectivity index (χ1n) is 7.63. The van der Waals surface area contributed by atoms with E-state index in [1.165, 1.54) is 0 Å². The number of anilines is 1. The molecular weight excluding hydrogens is 342 g/mol. The lowest BCUT2D eigenvalue weighted by atomic mass is 9.89. The Balaban J connectivity index is 0.00000182.